The Balaban J connectivity index is 1.69. The summed E-state index contributed by atoms with van der Waals surface area (Å²) in [5, 5.41) is 4.32. The summed E-state index contributed by atoms with van der Waals surface area (Å²) in [4.78, 5) is 15.5. The van der Waals surface area contributed by atoms with Crippen LogP contribution in [0.4, 0.5) is 5.69 Å². The number of hydrogen-bond donors (Lipinski definition) is 1. The molecule has 0 spiro atoms. The molecule has 0 aliphatic carbocycles. The second-order valence-electron chi connectivity index (χ2n) is 8.25. The van der Waals surface area contributed by atoms with E-state index in [0.717, 1.165) is 37.2 Å². The minimum absolute atomic E-state index is 0.0865. The number of sulfonamides is 1. The molecule has 3 aromatic carbocycles. The van der Waals surface area contributed by atoms with E-state index in [1.54, 1.807) is 54.6 Å². The van der Waals surface area contributed by atoms with Gasteiger partial charge in [-0.2, -0.15) is 5.10 Å². The van der Waals surface area contributed by atoms with E-state index in [-0.39, 0.29) is 17.0 Å². The molecule has 8 heteroatoms. The second-order valence-corrected chi connectivity index (χ2v) is 10.1. The molecular weight excluding hydrogens is 448 g/mol. The third kappa shape index (κ3) is 5.52. The van der Waals surface area contributed by atoms with Crippen molar-refractivity contribution < 1.29 is 13.2 Å². The van der Waals surface area contributed by atoms with Gasteiger partial charge in [0.25, 0.3) is 15.9 Å². The van der Waals surface area contributed by atoms with E-state index in [0.29, 0.717) is 5.69 Å². The highest BCUT2D eigenvalue weighted by Crippen LogP contribution is 2.29. The Morgan fingerprint density at radius 3 is 2.18 bits per heavy atom. The van der Waals surface area contributed by atoms with Crippen molar-refractivity contribution in [3.63, 3.8) is 0 Å². The number of hydrazone groups is 1. The van der Waals surface area contributed by atoms with Crippen LogP contribution in [-0.4, -0.2) is 45.1 Å². The minimum Gasteiger partial charge on any atom is -0.306 e. The van der Waals surface area contributed by atoms with E-state index < -0.39 is 15.9 Å². The van der Waals surface area contributed by atoms with E-state index >= 15 is 0 Å². The fraction of sp³-hybridized carbons (Fsp3) is 0.231. The zero-order valence-electron chi connectivity index (χ0n) is 19.1. The lowest BCUT2D eigenvalue weighted by Gasteiger charge is -2.26. The van der Waals surface area contributed by atoms with Gasteiger partial charge in [0.1, 0.15) is 0 Å². The van der Waals surface area contributed by atoms with Crippen molar-refractivity contribution in [1.82, 2.24) is 10.3 Å². The van der Waals surface area contributed by atoms with Crippen molar-refractivity contribution in [3.05, 3.63) is 96.1 Å². The molecule has 1 saturated heterocycles. The molecule has 3 aromatic rings. The molecule has 1 heterocycles. The maximum absolute atomic E-state index is 13.7. The quantitative estimate of drug-likeness (QED) is 0.525. The normalized spacial score (nSPS) is 14.4. The predicted octanol–water partition coefficient (Wildman–Crippen LogP) is 3.89. The van der Waals surface area contributed by atoms with Crippen LogP contribution in [0, 0.1) is 0 Å². The molecule has 1 aliphatic heterocycles. The van der Waals surface area contributed by atoms with Crippen molar-refractivity contribution >= 4 is 27.3 Å². The number of piperidine rings is 1. The molecule has 4 rings (SSSR count). The number of para-hydroxylation sites is 1. The number of likely N-dealkylation sites (tertiary alicyclic amines) is 1. The van der Waals surface area contributed by atoms with Crippen LogP contribution in [0.3, 0.4) is 0 Å². The Labute approximate surface area is 200 Å². The average Bonchev–Trinajstić information content (AvgIpc) is 2.88. The number of hydrogen-bond acceptors (Lipinski definition) is 5. The van der Waals surface area contributed by atoms with Crippen molar-refractivity contribution in [1.29, 1.82) is 0 Å². The lowest BCUT2D eigenvalue weighted by Crippen LogP contribution is -2.34. The first-order valence-electron chi connectivity index (χ1n) is 11.2. The van der Waals surface area contributed by atoms with Crippen LogP contribution in [0.25, 0.3) is 0 Å². The van der Waals surface area contributed by atoms with Crippen molar-refractivity contribution in [2.75, 3.05) is 24.4 Å². The highest BCUT2D eigenvalue weighted by Gasteiger charge is 2.28. The highest BCUT2D eigenvalue weighted by atomic mass is 32.2. The van der Waals surface area contributed by atoms with Gasteiger partial charge in [-0.15, -0.1) is 0 Å². The maximum Gasteiger partial charge on any atom is 0.273 e. The fourth-order valence-corrected chi connectivity index (χ4v) is 5.32. The highest BCUT2D eigenvalue weighted by molar-refractivity contribution is 7.92. The SMILES string of the molecule is CN1CCC(=NNC(=O)c2ccccc2N(Cc2ccccc2)S(=O)(=O)c2ccccc2)CC1. The van der Waals surface area contributed by atoms with Gasteiger partial charge in [-0.25, -0.2) is 13.8 Å². The Hall–Kier alpha value is -3.49. The molecule has 1 amide bonds. The molecule has 176 valence electrons. The van der Waals surface area contributed by atoms with Gasteiger partial charge in [-0.1, -0.05) is 60.7 Å². The molecular formula is C26H28N4O3S. The van der Waals surface area contributed by atoms with E-state index in [1.807, 2.05) is 30.3 Å². The molecule has 34 heavy (non-hydrogen) atoms. The molecule has 0 atom stereocenters. The summed E-state index contributed by atoms with van der Waals surface area (Å²) in [6.45, 7) is 1.88. The number of carbonyl (C=O) groups excluding carboxylic acids is 1. The van der Waals surface area contributed by atoms with Crippen LogP contribution in [-0.2, 0) is 16.6 Å². The summed E-state index contributed by atoms with van der Waals surface area (Å²) in [5.74, 6) is -0.441. The summed E-state index contributed by atoms with van der Waals surface area (Å²) >= 11 is 0. The molecule has 0 saturated carbocycles. The Bertz CT molecular complexity index is 1250. The molecule has 0 bridgehead atoms. The first kappa shape index (κ1) is 23.7. The van der Waals surface area contributed by atoms with E-state index in [9.17, 15) is 13.2 Å². The van der Waals surface area contributed by atoms with Crippen molar-refractivity contribution in [2.24, 2.45) is 5.10 Å². The number of carbonyl (C=O) groups is 1. The summed E-state index contributed by atoms with van der Waals surface area (Å²) in [5.41, 5.74) is 4.93. The van der Waals surface area contributed by atoms with Crippen LogP contribution in [0.2, 0.25) is 0 Å². The number of benzene rings is 3. The van der Waals surface area contributed by atoms with Gasteiger partial charge in [-0.05, 0) is 36.9 Å². The van der Waals surface area contributed by atoms with Gasteiger partial charge in [0.2, 0.25) is 0 Å². The molecule has 0 radical (unpaired) electrons. The largest absolute Gasteiger partial charge is 0.306 e. The van der Waals surface area contributed by atoms with Crippen LogP contribution >= 0.6 is 0 Å². The first-order valence-corrected chi connectivity index (χ1v) is 12.6. The number of nitrogens with zero attached hydrogens (tertiary/aromatic N) is 3. The summed E-state index contributed by atoms with van der Waals surface area (Å²) in [6.07, 6.45) is 1.59. The summed E-state index contributed by atoms with van der Waals surface area (Å²) in [7, 11) is -1.88. The van der Waals surface area contributed by atoms with Gasteiger partial charge in [0, 0.05) is 31.6 Å². The lowest BCUT2D eigenvalue weighted by molar-refractivity contribution is 0.0955. The van der Waals surface area contributed by atoms with E-state index in [4.69, 9.17) is 0 Å². The van der Waals surface area contributed by atoms with Crippen LogP contribution in [0.1, 0.15) is 28.8 Å². The Kier molecular flexibility index (Phi) is 7.40. The summed E-state index contributed by atoms with van der Waals surface area (Å²) < 4.78 is 28.7. The molecule has 0 aromatic heterocycles. The first-order chi connectivity index (χ1) is 16.4. The van der Waals surface area contributed by atoms with Crippen molar-refractivity contribution in [2.45, 2.75) is 24.3 Å². The summed E-state index contributed by atoms with van der Waals surface area (Å²) in [6, 6.07) is 24.3. The number of amides is 1. The smallest absolute Gasteiger partial charge is 0.273 e. The third-order valence-electron chi connectivity index (χ3n) is 5.80. The molecule has 1 N–H and O–H groups in total. The Morgan fingerprint density at radius 1 is 0.912 bits per heavy atom. The third-order valence-corrected chi connectivity index (χ3v) is 7.57. The topological polar surface area (TPSA) is 82.1 Å². The van der Waals surface area contributed by atoms with Crippen LogP contribution < -0.4 is 9.73 Å². The number of nitrogens with one attached hydrogen (secondary N) is 1. The number of rotatable bonds is 7. The molecule has 1 aliphatic rings. The van der Waals surface area contributed by atoms with Gasteiger partial charge >= 0.3 is 0 Å². The molecule has 0 unspecified atom stereocenters. The standard InChI is InChI=1S/C26H28N4O3S/c1-29-18-16-22(17-19-29)27-28-26(31)24-14-8-9-15-25(24)30(20-21-10-4-2-5-11-21)34(32,33)23-12-6-3-7-13-23/h2-15H,16-20H2,1H3,(H,28,31). The minimum atomic E-state index is -3.94. The predicted molar refractivity (Wildman–Crippen MR) is 134 cm³/mol. The zero-order chi connectivity index (χ0) is 24.0. The van der Waals surface area contributed by atoms with Crippen LogP contribution in [0.5, 0.6) is 0 Å². The second kappa shape index (κ2) is 10.6. The van der Waals surface area contributed by atoms with Gasteiger partial charge in [0.15, 0.2) is 0 Å². The monoisotopic (exact) mass is 476 g/mol. The molecule has 7 nitrogen and oxygen atoms in total. The zero-order valence-corrected chi connectivity index (χ0v) is 19.9. The van der Waals surface area contributed by atoms with E-state index in [2.05, 4.69) is 22.5 Å². The lowest BCUT2D eigenvalue weighted by atomic mass is 10.1. The van der Waals surface area contributed by atoms with Gasteiger partial charge in [-0.3, -0.25) is 9.10 Å². The Morgan fingerprint density at radius 2 is 1.50 bits per heavy atom. The number of anilines is 1. The molecule has 1 fully saturated rings. The fourth-order valence-electron chi connectivity index (χ4n) is 3.83. The maximum atomic E-state index is 13.7. The van der Waals surface area contributed by atoms with Crippen molar-refractivity contribution in [3.8, 4) is 0 Å². The van der Waals surface area contributed by atoms with Crippen LogP contribution in [0.15, 0.2) is 94.9 Å². The van der Waals surface area contributed by atoms with Gasteiger partial charge in [0.05, 0.1) is 22.7 Å². The average molecular weight is 477 g/mol. The van der Waals surface area contributed by atoms with Gasteiger partial charge < -0.3 is 4.90 Å². The van der Waals surface area contributed by atoms with E-state index in [1.165, 1.54) is 4.31 Å².